The summed E-state index contributed by atoms with van der Waals surface area (Å²) in [6.45, 7) is 7.49. The zero-order chi connectivity index (χ0) is 23.4. The van der Waals surface area contributed by atoms with Crippen LogP contribution in [0.25, 0.3) is 6.08 Å². The van der Waals surface area contributed by atoms with Crippen molar-refractivity contribution in [3.63, 3.8) is 0 Å². The molecule has 0 bridgehead atoms. The van der Waals surface area contributed by atoms with Gasteiger partial charge in [0.25, 0.3) is 11.1 Å². The number of thioether (sulfide) groups is 1. The van der Waals surface area contributed by atoms with E-state index in [0.29, 0.717) is 4.91 Å². The minimum Gasteiger partial charge on any atom is -0.492 e. The molecule has 2 aromatic carbocycles. The van der Waals surface area contributed by atoms with Crippen molar-refractivity contribution in [2.24, 2.45) is 0 Å². The number of rotatable bonds is 8. The molecule has 1 fully saturated rings. The highest BCUT2D eigenvalue weighted by atomic mass is 32.2. The Balaban J connectivity index is 1.41. The van der Waals surface area contributed by atoms with E-state index in [1.165, 1.54) is 10.5 Å². The molecule has 1 aromatic heterocycles. The number of nitrogens with zero attached hydrogens (tertiary/aromatic N) is 2. The summed E-state index contributed by atoms with van der Waals surface area (Å²) in [7, 11) is 0. The van der Waals surface area contributed by atoms with E-state index in [1.807, 2.05) is 43.3 Å². The number of hydrogen-bond donors (Lipinski definition) is 0. The molecule has 2 amide bonds. The fourth-order valence-corrected chi connectivity index (χ4v) is 4.85. The second kappa shape index (κ2) is 10.1. The Labute approximate surface area is 199 Å². The summed E-state index contributed by atoms with van der Waals surface area (Å²) in [5.41, 5.74) is 5.60. The maximum atomic E-state index is 12.9. The van der Waals surface area contributed by atoms with Crippen LogP contribution in [0.4, 0.5) is 4.79 Å². The van der Waals surface area contributed by atoms with Gasteiger partial charge in [0, 0.05) is 17.9 Å². The number of imide groups is 1. The summed E-state index contributed by atoms with van der Waals surface area (Å²) < 4.78 is 7.98. The van der Waals surface area contributed by atoms with Gasteiger partial charge in [0.1, 0.15) is 12.4 Å². The second-order valence-electron chi connectivity index (χ2n) is 8.21. The molecule has 1 saturated heterocycles. The van der Waals surface area contributed by atoms with Crippen LogP contribution < -0.4 is 4.74 Å². The summed E-state index contributed by atoms with van der Waals surface area (Å²) in [4.78, 5) is 27.1. The highest BCUT2D eigenvalue weighted by molar-refractivity contribution is 8.18. The number of carbonyl (C=O) groups is 2. The second-order valence-corrected chi connectivity index (χ2v) is 9.21. The minimum absolute atomic E-state index is 0.228. The van der Waals surface area contributed by atoms with E-state index in [2.05, 4.69) is 48.7 Å². The van der Waals surface area contributed by atoms with Gasteiger partial charge in [0.05, 0.1) is 11.4 Å². The number of ether oxygens (including phenoxy) is 1. The van der Waals surface area contributed by atoms with Crippen LogP contribution in [-0.2, 0) is 17.8 Å². The van der Waals surface area contributed by atoms with Gasteiger partial charge in [-0.25, -0.2) is 0 Å². The molecular weight excluding hydrogens is 432 g/mol. The molecule has 2 heterocycles. The SMILES string of the molecule is Cc1cccc(OCCN2C(=O)S/C(=C\c3cc(C)n(CCc4ccccc4)c3C)C2=O)c1. The minimum atomic E-state index is -0.257. The van der Waals surface area contributed by atoms with E-state index < -0.39 is 0 Å². The lowest BCUT2D eigenvalue weighted by Gasteiger charge is -2.13. The van der Waals surface area contributed by atoms with Crippen molar-refractivity contribution in [2.45, 2.75) is 33.7 Å². The van der Waals surface area contributed by atoms with Gasteiger partial charge in [-0.2, -0.15) is 0 Å². The first kappa shape index (κ1) is 22.9. The fourth-order valence-electron chi connectivity index (χ4n) is 4.00. The molecule has 0 saturated carbocycles. The predicted octanol–water partition coefficient (Wildman–Crippen LogP) is 5.77. The number of aromatic nitrogens is 1. The highest BCUT2D eigenvalue weighted by Gasteiger charge is 2.35. The molecule has 0 spiro atoms. The van der Waals surface area contributed by atoms with Crippen molar-refractivity contribution in [1.29, 1.82) is 0 Å². The monoisotopic (exact) mass is 460 g/mol. The molecule has 33 heavy (non-hydrogen) atoms. The van der Waals surface area contributed by atoms with Crippen LogP contribution in [0.3, 0.4) is 0 Å². The van der Waals surface area contributed by atoms with Crippen molar-refractivity contribution >= 4 is 29.0 Å². The molecule has 0 aliphatic carbocycles. The van der Waals surface area contributed by atoms with Crippen LogP contribution in [0.5, 0.6) is 5.75 Å². The molecule has 3 aromatic rings. The van der Waals surface area contributed by atoms with Crippen molar-refractivity contribution in [3.05, 3.63) is 93.6 Å². The normalized spacial score (nSPS) is 15.0. The van der Waals surface area contributed by atoms with Gasteiger partial charge >= 0.3 is 0 Å². The molecule has 0 unspecified atom stereocenters. The molecule has 0 atom stereocenters. The lowest BCUT2D eigenvalue weighted by Crippen LogP contribution is -2.32. The lowest BCUT2D eigenvalue weighted by atomic mass is 10.1. The van der Waals surface area contributed by atoms with Gasteiger partial charge in [-0.15, -0.1) is 0 Å². The molecule has 1 aliphatic heterocycles. The van der Waals surface area contributed by atoms with Crippen LogP contribution in [0, 0.1) is 20.8 Å². The van der Waals surface area contributed by atoms with E-state index in [1.54, 1.807) is 0 Å². The fraction of sp³-hybridized carbons (Fsp3) is 0.259. The van der Waals surface area contributed by atoms with E-state index in [0.717, 1.165) is 53.0 Å². The molecule has 1 aliphatic rings. The zero-order valence-corrected chi connectivity index (χ0v) is 20.0. The lowest BCUT2D eigenvalue weighted by molar-refractivity contribution is -0.123. The summed E-state index contributed by atoms with van der Waals surface area (Å²) >= 11 is 0.993. The van der Waals surface area contributed by atoms with Crippen LogP contribution in [0.2, 0.25) is 0 Å². The first-order valence-electron chi connectivity index (χ1n) is 11.1. The molecular formula is C27H28N2O3S. The molecule has 6 heteroatoms. The van der Waals surface area contributed by atoms with Crippen LogP contribution in [-0.4, -0.2) is 33.8 Å². The highest BCUT2D eigenvalue weighted by Crippen LogP contribution is 2.33. The molecule has 4 rings (SSSR count). The van der Waals surface area contributed by atoms with Gasteiger partial charge in [0.2, 0.25) is 0 Å². The van der Waals surface area contributed by atoms with Gasteiger partial charge in [-0.3, -0.25) is 14.5 Å². The van der Waals surface area contributed by atoms with Gasteiger partial charge in [0.15, 0.2) is 0 Å². The standard InChI is InChI=1S/C27H28N2O3S/c1-19-8-7-11-24(16-19)32-15-14-29-26(30)25(33-27(29)31)18-23-17-20(2)28(21(23)3)13-12-22-9-5-4-6-10-22/h4-11,16-18H,12-15H2,1-3H3/b25-18-. The first-order valence-corrected chi connectivity index (χ1v) is 11.9. The van der Waals surface area contributed by atoms with Gasteiger partial charge in [-0.05, 0) is 79.9 Å². The molecule has 0 N–H and O–H groups in total. The Morgan fingerprint density at radius 3 is 2.48 bits per heavy atom. The third-order valence-corrected chi connectivity index (χ3v) is 6.72. The largest absolute Gasteiger partial charge is 0.492 e. The number of benzene rings is 2. The maximum Gasteiger partial charge on any atom is 0.293 e. The Kier molecular flexibility index (Phi) is 7.04. The number of hydrogen-bond acceptors (Lipinski definition) is 4. The Morgan fingerprint density at radius 2 is 1.73 bits per heavy atom. The average molecular weight is 461 g/mol. The Hall–Kier alpha value is -3.25. The zero-order valence-electron chi connectivity index (χ0n) is 19.2. The summed E-state index contributed by atoms with van der Waals surface area (Å²) in [5, 5.41) is -0.253. The summed E-state index contributed by atoms with van der Waals surface area (Å²) in [6.07, 6.45) is 2.78. The van der Waals surface area contributed by atoms with Crippen LogP contribution in [0.1, 0.15) is 28.1 Å². The first-order chi connectivity index (χ1) is 15.9. The van der Waals surface area contributed by atoms with E-state index in [-0.39, 0.29) is 24.3 Å². The smallest absolute Gasteiger partial charge is 0.293 e. The third-order valence-electron chi connectivity index (χ3n) is 5.81. The van der Waals surface area contributed by atoms with Gasteiger partial charge in [-0.1, -0.05) is 42.5 Å². The van der Waals surface area contributed by atoms with E-state index in [9.17, 15) is 9.59 Å². The summed E-state index contributed by atoms with van der Waals surface area (Å²) in [6, 6.07) is 20.2. The van der Waals surface area contributed by atoms with Crippen molar-refractivity contribution in [3.8, 4) is 5.75 Å². The van der Waals surface area contributed by atoms with E-state index in [4.69, 9.17) is 4.74 Å². The predicted molar refractivity (Wildman–Crippen MR) is 133 cm³/mol. The van der Waals surface area contributed by atoms with Crippen molar-refractivity contribution in [2.75, 3.05) is 13.2 Å². The maximum absolute atomic E-state index is 12.9. The Bertz CT molecular complexity index is 1200. The molecule has 0 radical (unpaired) electrons. The summed E-state index contributed by atoms with van der Waals surface area (Å²) in [5.74, 6) is 0.479. The molecule has 5 nitrogen and oxygen atoms in total. The molecule has 170 valence electrons. The Morgan fingerprint density at radius 1 is 0.939 bits per heavy atom. The van der Waals surface area contributed by atoms with Crippen LogP contribution >= 0.6 is 11.8 Å². The van der Waals surface area contributed by atoms with Crippen molar-refractivity contribution in [1.82, 2.24) is 9.47 Å². The van der Waals surface area contributed by atoms with Crippen LogP contribution in [0.15, 0.2) is 65.6 Å². The quantitative estimate of drug-likeness (QED) is 0.400. The van der Waals surface area contributed by atoms with Gasteiger partial charge < -0.3 is 9.30 Å². The topological polar surface area (TPSA) is 51.5 Å². The third kappa shape index (κ3) is 5.40. The number of aryl methyl sites for hydroxylation is 3. The number of amides is 2. The van der Waals surface area contributed by atoms with Crippen molar-refractivity contribution < 1.29 is 14.3 Å². The number of carbonyl (C=O) groups excluding carboxylic acids is 2. The van der Waals surface area contributed by atoms with E-state index >= 15 is 0 Å². The average Bonchev–Trinajstić information content (AvgIpc) is 3.22.